The Kier molecular flexibility index (Phi) is 5.61. The third-order valence-electron chi connectivity index (χ3n) is 3.66. The smallest absolute Gasteiger partial charge is 0.218 e. The molecule has 22 heavy (non-hydrogen) atoms. The quantitative estimate of drug-likeness (QED) is 0.848. The van der Waals surface area contributed by atoms with Crippen LogP contribution in [0.2, 0.25) is 0 Å². The van der Waals surface area contributed by atoms with Crippen LogP contribution in [0, 0.1) is 13.8 Å². The molecule has 116 valence electrons. The number of aryl methyl sites for hydroxylation is 2. The molecule has 0 aliphatic carbocycles. The number of hydrogen-bond donors (Lipinski definition) is 1. The highest BCUT2D eigenvalue weighted by atomic mass is 16.1. The van der Waals surface area contributed by atoms with Crippen LogP contribution in [-0.4, -0.2) is 27.3 Å². The van der Waals surface area contributed by atoms with Crippen molar-refractivity contribution in [2.45, 2.75) is 33.4 Å². The first-order chi connectivity index (χ1) is 10.6. The van der Waals surface area contributed by atoms with E-state index >= 15 is 0 Å². The van der Waals surface area contributed by atoms with Crippen LogP contribution in [0.1, 0.15) is 28.9 Å². The van der Waals surface area contributed by atoms with Crippen LogP contribution in [0.5, 0.6) is 0 Å². The fourth-order valence-electron chi connectivity index (χ4n) is 2.27. The molecule has 0 aliphatic heterocycles. The van der Waals surface area contributed by atoms with Gasteiger partial charge in [-0.15, -0.1) is 0 Å². The highest BCUT2D eigenvalue weighted by Gasteiger charge is 2.12. The van der Waals surface area contributed by atoms with Crippen LogP contribution < -0.4 is 5.73 Å². The van der Waals surface area contributed by atoms with Gasteiger partial charge in [-0.25, -0.2) is 0 Å². The molecule has 0 fully saturated rings. The number of pyridine rings is 2. The Balaban J connectivity index is 2.14. The van der Waals surface area contributed by atoms with E-state index in [4.69, 9.17) is 5.73 Å². The summed E-state index contributed by atoms with van der Waals surface area (Å²) in [7, 11) is 0. The van der Waals surface area contributed by atoms with Gasteiger partial charge in [0.15, 0.2) is 0 Å². The lowest BCUT2D eigenvalue weighted by molar-refractivity contribution is -0.118. The second-order valence-electron chi connectivity index (χ2n) is 5.46. The number of carbonyl (C=O) groups excluding carboxylic acids is 1. The van der Waals surface area contributed by atoms with E-state index in [2.05, 4.69) is 14.9 Å². The summed E-state index contributed by atoms with van der Waals surface area (Å²) in [5, 5.41) is 0. The maximum absolute atomic E-state index is 11.1. The highest BCUT2D eigenvalue weighted by Crippen LogP contribution is 2.13. The van der Waals surface area contributed by atoms with E-state index in [1.807, 2.05) is 38.1 Å². The molecule has 0 aliphatic rings. The molecule has 2 heterocycles. The second-order valence-corrected chi connectivity index (χ2v) is 5.46. The Hall–Kier alpha value is -2.27. The molecule has 0 radical (unpaired) electrons. The number of nitrogens with zero attached hydrogens (tertiary/aromatic N) is 3. The van der Waals surface area contributed by atoms with Gasteiger partial charge in [0, 0.05) is 38.4 Å². The summed E-state index contributed by atoms with van der Waals surface area (Å²) in [5.74, 6) is -0.291. The van der Waals surface area contributed by atoms with Gasteiger partial charge in [-0.2, -0.15) is 0 Å². The first kappa shape index (κ1) is 16.1. The lowest BCUT2D eigenvalue weighted by atomic mass is 10.1. The summed E-state index contributed by atoms with van der Waals surface area (Å²) in [6, 6.07) is 7.94. The van der Waals surface area contributed by atoms with E-state index in [1.165, 1.54) is 0 Å². The Bertz CT molecular complexity index is 595. The lowest BCUT2D eigenvalue weighted by Gasteiger charge is -2.22. The molecule has 2 rings (SSSR count). The van der Waals surface area contributed by atoms with Crippen molar-refractivity contribution in [1.29, 1.82) is 0 Å². The third kappa shape index (κ3) is 4.63. The number of aromatic nitrogens is 2. The molecule has 0 saturated heterocycles. The Labute approximate surface area is 131 Å². The Morgan fingerprint density at radius 3 is 1.95 bits per heavy atom. The first-order valence-corrected chi connectivity index (χ1v) is 7.38. The van der Waals surface area contributed by atoms with Gasteiger partial charge in [0.1, 0.15) is 0 Å². The minimum Gasteiger partial charge on any atom is -0.370 e. The number of nitrogens with two attached hydrogens (primary N) is 1. The molecule has 2 aromatic heterocycles. The molecule has 0 bridgehead atoms. The molecule has 5 heteroatoms. The molecular weight excluding hydrogens is 276 g/mol. The van der Waals surface area contributed by atoms with E-state index in [-0.39, 0.29) is 5.91 Å². The zero-order valence-electron chi connectivity index (χ0n) is 13.1. The van der Waals surface area contributed by atoms with Crippen LogP contribution in [0.15, 0.2) is 36.7 Å². The molecule has 0 spiro atoms. The summed E-state index contributed by atoms with van der Waals surface area (Å²) in [6.45, 7) is 6.04. The Morgan fingerprint density at radius 1 is 1.05 bits per heavy atom. The van der Waals surface area contributed by atoms with Crippen molar-refractivity contribution in [2.24, 2.45) is 5.73 Å². The molecule has 0 aromatic carbocycles. The zero-order valence-corrected chi connectivity index (χ0v) is 13.1. The summed E-state index contributed by atoms with van der Waals surface area (Å²) in [5.41, 5.74) is 9.61. The van der Waals surface area contributed by atoms with E-state index in [0.717, 1.165) is 22.5 Å². The van der Waals surface area contributed by atoms with Crippen molar-refractivity contribution >= 4 is 5.91 Å². The third-order valence-corrected chi connectivity index (χ3v) is 3.66. The fourth-order valence-corrected chi connectivity index (χ4v) is 2.27. The molecule has 1 amide bonds. The molecule has 0 unspecified atom stereocenters. The van der Waals surface area contributed by atoms with Crippen molar-refractivity contribution in [2.75, 3.05) is 6.54 Å². The number of primary amides is 1. The van der Waals surface area contributed by atoms with E-state index in [0.29, 0.717) is 26.1 Å². The van der Waals surface area contributed by atoms with Crippen molar-refractivity contribution in [3.05, 3.63) is 59.2 Å². The largest absolute Gasteiger partial charge is 0.370 e. The second kappa shape index (κ2) is 7.66. The maximum atomic E-state index is 11.1. The number of carbonyl (C=O) groups is 1. The van der Waals surface area contributed by atoms with Crippen molar-refractivity contribution in [3.8, 4) is 0 Å². The van der Waals surface area contributed by atoms with Crippen LogP contribution in [0.3, 0.4) is 0 Å². The van der Waals surface area contributed by atoms with Gasteiger partial charge in [-0.3, -0.25) is 19.7 Å². The topological polar surface area (TPSA) is 72.1 Å². The average molecular weight is 298 g/mol. The number of hydrogen-bond acceptors (Lipinski definition) is 4. The van der Waals surface area contributed by atoms with Crippen LogP contribution in [0.4, 0.5) is 0 Å². The van der Waals surface area contributed by atoms with Crippen molar-refractivity contribution in [1.82, 2.24) is 14.9 Å². The van der Waals surface area contributed by atoms with Crippen molar-refractivity contribution < 1.29 is 4.79 Å². The van der Waals surface area contributed by atoms with E-state index in [9.17, 15) is 4.79 Å². The summed E-state index contributed by atoms with van der Waals surface area (Å²) >= 11 is 0. The molecular formula is C17H22N4O. The maximum Gasteiger partial charge on any atom is 0.218 e. The number of amides is 1. The lowest BCUT2D eigenvalue weighted by Crippen LogP contribution is -2.29. The predicted molar refractivity (Wildman–Crippen MR) is 85.9 cm³/mol. The average Bonchev–Trinajstić information content (AvgIpc) is 2.49. The molecule has 5 nitrogen and oxygen atoms in total. The summed E-state index contributed by atoms with van der Waals surface area (Å²) in [4.78, 5) is 22.1. The fraction of sp³-hybridized carbons (Fsp3) is 0.353. The van der Waals surface area contributed by atoms with Gasteiger partial charge in [-0.1, -0.05) is 12.1 Å². The Morgan fingerprint density at radius 2 is 1.55 bits per heavy atom. The van der Waals surface area contributed by atoms with E-state index in [1.54, 1.807) is 12.4 Å². The monoisotopic (exact) mass is 298 g/mol. The molecule has 0 atom stereocenters. The first-order valence-electron chi connectivity index (χ1n) is 7.38. The SMILES string of the molecule is Cc1cccnc1CN(CCC(N)=O)Cc1ncccc1C. The number of rotatable bonds is 7. The molecule has 0 saturated carbocycles. The van der Waals surface area contributed by atoms with E-state index < -0.39 is 0 Å². The molecule has 2 aromatic rings. The molecule has 2 N–H and O–H groups in total. The van der Waals surface area contributed by atoms with Crippen LogP contribution in [0.25, 0.3) is 0 Å². The normalized spacial score (nSPS) is 10.9. The van der Waals surface area contributed by atoms with Crippen LogP contribution in [-0.2, 0) is 17.9 Å². The standard InChI is InChI=1S/C17H22N4O/c1-13-5-3-8-19-15(13)11-21(10-7-17(18)22)12-16-14(2)6-4-9-20-16/h3-6,8-9H,7,10-12H2,1-2H3,(H2,18,22). The van der Waals surface area contributed by atoms with Gasteiger partial charge in [0.2, 0.25) is 5.91 Å². The summed E-state index contributed by atoms with van der Waals surface area (Å²) in [6.07, 6.45) is 3.92. The van der Waals surface area contributed by atoms with Gasteiger partial charge < -0.3 is 5.73 Å². The predicted octanol–water partition coefficient (Wildman–Crippen LogP) is 1.97. The minimum absolute atomic E-state index is 0.291. The highest BCUT2D eigenvalue weighted by molar-refractivity contribution is 5.73. The van der Waals surface area contributed by atoms with Gasteiger partial charge in [0.05, 0.1) is 11.4 Å². The van der Waals surface area contributed by atoms with Crippen LogP contribution >= 0.6 is 0 Å². The van der Waals surface area contributed by atoms with Gasteiger partial charge >= 0.3 is 0 Å². The zero-order chi connectivity index (χ0) is 15.9. The van der Waals surface area contributed by atoms with Crippen molar-refractivity contribution in [3.63, 3.8) is 0 Å². The van der Waals surface area contributed by atoms with Gasteiger partial charge in [-0.05, 0) is 37.1 Å². The van der Waals surface area contributed by atoms with Gasteiger partial charge in [0.25, 0.3) is 0 Å². The summed E-state index contributed by atoms with van der Waals surface area (Å²) < 4.78 is 0. The minimum atomic E-state index is -0.291.